The molecule has 1 fully saturated rings. The van der Waals surface area contributed by atoms with Gasteiger partial charge < -0.3 is 10.6 Å². The third-order valence-corrected chi connectivity index (χ3v) is 3.39. The molecule has 1 heterocycles. The predicted molar refractivity (Wildman–Crippen MR) is 55.9 cm³/mol. The van der Waals surface area contributed by atoms with Gasteiger partial charge >= 0.3 is 0 Å². The van der Waals surface area contributed by atoms with Gasteiger partial charge in [0, 0.05) is 5.75 Å². The van der Waals surface area contributed by atoms with Gasteiger partial charge in [0.2, 0.25) is 5.91 Å². The zero-order valence-electron chi connectivity index (χ0n) is 8.05. The minimum absolute atomic E-state index is 0.196. The summed E-state index contributed by atoms with van der Waals surface area (Å²) in [6, 6.07) is 0. The fraction of sp³-hybridized carbons (Fsp3) is 0.889. The predicted octanol–water partition coefficient (Wildman–Crippen LogP) is -0.726. The number of quaternary nitrogens is 1. The SMILES string of the molecule is NC(=O)CSCC[NH+]1CCCCC1. The molecule has 3 N–H and O–H groups in total. The lowest BCUT2D eigenvalue weighted by atomic mass is 10.1. The first kappa shape index (κ1) is 10.9. The standard InChI is InChI=1S/C9H18N2OS/c10-9(12)8-13-7-6-11-4-2-1-3-5-11/h1-8H2,(H2,10,12)/p+1. The summed E-state index contributed by atoms with van der Waals surface area (Å²) in [6.07, 6.45) is 4.14. The Bertz CT molecular complexity index is 158. The summed E-state index contributed by atoms with van der Waals surface area (Å²) in [5.41, 5.74) is 5.05. The minimum Gasteiger partial charge on any atom is -0.369 e. The van der Waals surface area contributed by atoms with E-state index in [2.05, 4.69) is 0 Å². The highest BCUT2D eigenvalue weighted by Gasteiger charge is 2.12. The lowest BCUT2D eigenvalue weighted by Gasteiger charge is -2.23. The number of piperidine rings is 1. The maximum Gasteiger partial charge on any atom is 0.227 e. The molecular weight excluding hydrogens is 184 g/mol. The molecule has 76 valence electrons. The van der Waals surface area contributed by atoms with Crippen molar-refractivity contribution in [3.05, 3.63) is 0 Å². The van der Waals surface area contributed by atoms with Crippen molar-refractivity contribution in [3.8, 4) is 0 Å². The average molecular weight is 203 g/mol. The number of hydrogen-bond donors (Lipinski definition) is 2. The van der Waals surface area contributed by atoms with Crippen molar-refractivity contribution in [1.82, 2.24) is 0 Å². The maximum absolute atomic E-state index is 10.4. The van der Waals surface area contributed by atoms with Crippen LogP contribution in [0.15, 0.2) is 0 Å². The maximum atomic E-state index is 10.4. The molecule has 0 spiro atoms. The first-order valence-corrected chi connectivity index (χ1v) is 6.14. The Labute approximate surface area is 84.0 Å². The molecule has 3 nitrogen and oxygen atoms in total. The minimum atomic E-state index is -0.196. The third-order valence-electron chi connectivity index (χ3n) is 2.40. The molecule has 1 aliphatic heterocycles. The molecule has 0 aromatic heterocycles. The van der Waals surface area contributed by atoms with E-state index in [1.807, 2.05) is 0 Å². The van der Waals surface area contributed by atoms with Crippen molar-refractivity contribution in [3.63, 3.8) is 0 Å². The van der Waals surface area contributed by atoms with Gasteiger partial charge in [0.05, 0.1) is 25.4 Å². The summed E-state index contributed by atoms with van der Waals surface area (Å²) in [5.74, 6) is 1.35. The van der Waals surface area contributed by atoms with Crippen molar-refractivity contribution >= 4 is 17.7 Å². The van der Waals surface area contributed by atoms with Crippen molar-refractivity contribution in [1.29, 1.82) is 0 Å². The molecule has 1 aliphatic rings. The first-order chi connectivity index (χ1) is 6.29. The van der Waals surface area contributed by atoms with E-state index in [1.54, 1.807) is 16.7 Å². The number of nitrogens with one attached hydrogen (secondary N) is 1. The number of thioether (sulfide) groups is 1. The van der Waals surface area contributed by atoms with Gasteiger partial charge in [0.25, 0.3) is 0 Å². The summed E-state index contributed by atoms with van der Waals surface area (Å²) in [5, 5.41) is 0. The van der Waals surface area contributed by atoms with Crippen LogP contribution < -0.4 is 10.6 Å². The molecule has 1 rings (SSSR count). The number of hydrogen-bond acceptors (Lipinski definition) is 2. The summed E-state index contributed by atoms with van der Waals surface area (Å²) in [7, 11) is 0. The van der Waals surface area contributed by atoms with Gasteiger partial charge in [-0.15, -0.1) is 11.8 Å². The van der Waals surface area contributed by atoms with Crippen molar-refractivity contribution < 1.29 is 9.69 Å². The molecule has 0 unspecified atom stereocenters. The summed E-state index contributed by atoms with van der Waals surface area (Å²) >= 11 is 1.66. The summed E-state index contributed by atoms with van der Waals surface area (Å²) < 4.78 is 0. The molecule has 0 aromatic carbocycles. The smallest absolute Gasteiger partial charge is 0.227 e. The van der Waals surface area contributed by atoms with E-state index in [0.717, 1.165) is 5.75 Å². The van der Waals surface area contributed by atoms with E-state index < -0.39 is 0 Å². The average Bonchev–Trinajstić information content (AvgIpc) is 2.14. The van der Waals surface area contributed by atoms with Gasteiger partial charge in [-0.1, -0.05) is 0 Å². The molecule has 0 aliphatic carbocycles. The van der Waals surface area contributed by atoms with Crippen LogP contribution in [0.3, 0.4) is 0 Å². The van der Waals surface area contributed by atoms with Crippen molar-refractivity contribution in [2.75, 3.05) is 31.1 Å². The van der Waals surface area contributed by atoms with Gasteiger partial charge in [0.1, 0.15) is 0 Å². The molecule has 0 aromatic rings. The highest BCUT2D eigenvalue weighted by atomic mass is 32.2. The lowest BCUT2D eigenvalue weighted by molar-refractivity contribution is -0.902. The lowest BCUT2D eigenvalue weighted by Crippen LogP contribution is -3.13. The quantitative estimate of drug-likeness (QED) is 0.579. The van der Waals surface area contributed by atoms with Gasteiger partial charge in [-0.25, -0.2) is 0 Å². The number of nitrogens with two attached hydrogens (primary N) is 1. The number of rotatable bonds is 5. The fourth-order valence-corrected chi connectivity index (χ4v) is 2.47. The highest BCUT2D eigenvalue weighted by Crippen LogP contribution is 1.97. The third kappa shape index (κ3) is 5.16. The topological polar surface area (TPSA) is 47.5 Å². The second kappa shape index (κ2) is 6.27. The Kier molecular flexibility index (Phi) is 5.23. The second-order valence-electron chi connectivity index (χ2n) is 3.58. The van der Waals surface area contributed by atoms with Crippen LogP contribution in [0.5, 0.6) is 0 Å². The van der Waals surface area contributed by atoms with Crippen LogP contribution >= 0.6 is 11.8 Å². The van der Waals surface area contributed by atoms with E-state index >= 15 is 0 Å². The van der Waals surface area contributed by atoms with Crippen LogP contribution in [0.4, 0.5) is 0 Å². The van der Waals surface area contributed by atoms with Gasteiger partial charge in [-0.2, -0.15) is 0 Å². The van der Waals surface area contributed by atoms with Gasteiger partial charge in [-0.3, -0.25) is 4.79 Å². The number of likely N-dealkylation sites (tertiary alicyclic amines) is 1. The molecule has 0 saturated carbocycles. The van der Waals surface area contributed by atoms with Crippen LogP contribution in [-0.4, -0.2) is 37.0 Å². The van der Waals surface area contributed by atoms with Crippen molar-refractivity contribution in [2.45, 2.75) is 19.3 Å². The van der Waals surface area contributed by atoms with Crippen molar-refractivity contribution in [2.24, 2.45) is 5.73 Å². The molecule has 13 heavy (non-hydrogen) atoms. The van der Waals surface area contributed by atoms with E-state index in [1.165, 1.54) is 38.9 Å². The molecule has 0 radical (unpaired) electrons. The van der Waals surface area contributed by atoms with Crippen LogP contribution in [0.2, 0.25) is 0 Å². The first-order valence-electron chi connectivity index (χ1n) is 4.98. The number of primary amides is 1. The van der Waals surface area contributed by atoms with E-state index in [0.29, 0.717) is 5.75 Å². The molecule has 0 bridgehead atoms. The van der Waals surface area contributed by atoms with Gasteiger partial charge in [-0.05, 0) is 19.3 Å². The largest absolute Gasteiger partial charge is 0.369 e. The second-order valence-corrected chi connectivity index (χ2v) is 4.68. The monoisotopic (exact) mass is 203 g/mol. The Morgan fingerprint density at radius 3 is 2.62 bits per heavy atom. The van der Waals surface area contributed by atoms with Crippen LogP contribution in [0, 0.1) is 0 Å². The Morgan fingerprint density at radius 1 is 1.31 bits per heavy atom. The van der Waals surface area contributed by atoms with Crippen LogP contribution in [0.25, 0.3) is 0 Å². The van der Waals surface area contributed by atoms with E-state index in [9.17, 15) is 4.79 Å². The molecule has 4 heteroatoms. The van der Waals surface area contributed by atoms with Crippen LogP contribution in [-0.2, 0) is 4.79 Å². The normalized spacial score (nSPS) is 18.8. The Balaban J connectivity index is 1.95. The molecule has 0 atom stereocenters. The molecule has 1 saturated heterocycles. The van der Waals surface area contributed by atoms with Crippen LogP contribution in [0.1, 0.15) is 19.3 Å². The Hall–Kier alpha value is -0.220. The molecular formula is C9H19N2OS+. The summed E-state index contributed by atoms with van der Waals surface area (Å²) in [6.45, 7) is 3.83. The number of carbonyl (C=O) groups is 1. The zero-order chi connectivity index (χ0) is 9.52. The van der Waals surface area contributed by atoms with Gasteiger partial charge in [0.15, 0.2) is 0 Å². The summed E-state index contributed by atoms with van der Waals surface area (Å²) in [4.78, 5) is 12.1. The highest BCUT2D eigenvalue weighted by molar-refractivity contribution is 7.99. The molecule has 1 amide bonds. The Morgan fingerprint density at radius 2 is 2.00 bits per heavy atom. The van der Waals surface area contributed by atoms with E-state index in [4.69, 9.17) is 5.73 Å². The fourth-order valence-electron chi connectivity index (χ4n) is 1.69. The number of amides is 1. The number of carbonyl (C=O) groups excluding carboxylic acids is 1. The zero-order valence-corrected chi connectivity index (χ0v) is 8.87. The van der Waals surface area contributed by atoms with E-state index in [-0.39, 0.29) is 5.91 Å².